The van der Waals surface area contributed by atoms with E-state index in [-0.39, 0.29) is 25.0 Å². The molecule has 0 bridgehead atoms. The van der Waals surface area contributed by atoms with Crippen LogP contribution in [0.3, 0.4) is 0 Å². The Labute approximate surface area is 125 Å². The summed E-state index contributed by atoms with van der Waals surface area (Å²) in [6.07, 6.45) is 1.18. The Morgan fingerprint density at radius 3 is 2.43 bits per heavy atom. The van der Waals surface area contributed by atoms with Crippen molar-refractivity contribution in [3.8, 4) is 0 Å². The summed E-state index contributed by atoms with van der Waals surface area (Å²) in [4.78, 5) is 29.0. The third-order valence-corrected chi connectivity index (χ3v) is 4.66. The number of likely N-dealkylation sites (tertiary alicyclic amines) is 2. The smallest absolute Gasteiger partial charge is 0.326 e. The second kappa shape index (κ2) is 6.62. The van der Waals surface area contributed by atoms with Crippen molar-refractivity contribution in [3.63, 3.8) is 0 Å². The lowest BCUT2D eigenvalue weighted by molar-refractivity contribution is -0.141. The molecule has 2 amide bonds. The van der Waals surface area contributed by atoms with Gasteiger partial charge in [-0.1, -0.05) is 6.92 Å². The molecule has 2 fully saturated rings. The Morgan fingerprint density at radius 2 is 1.90 bits per heavy atom. The molecule has 0 aromatic carbocycles. The number of rotatable bonds is 3. The van der Waals surface area contributed by atoms with Crippen molar-refractivity contribution in [2.24, 2.45) is 0 Å². The molecule has 2 saturated heterocycles. The number of carbonyl (C=O) groups is 2. The lowest BCUT2D eigenvalue weighted by atomic mass is 10.0. The summed E-state index contributed by atoms with van der Waals surface area (Å²) in [6, 6.07) is -1.05. The van der Waals surface area contributed by atoms with E-state index in [4.69, 9.17) is 0 Å². The Kier molecular flexibility index (Phi) is 5.05. The van der Waals surface area contributed by atoms with Gasteiger partial charge in [-0.3, -0.25) is 0 Å². The van der Waals surface area contributed by atoms with Gasteiger partial charge < -0.3 is 24.9 Å². The molecule has 2 rings (SSSR count). The standard InChI is InChI=1S/C14H25N3O4/c1-3-16-6-4-10(5-7-16)15(2)14(21)17-9-11(18)8-12(17)13(19)20/h10-12,18H,3-9H2,1-2H3,(H,19,20)/t11-,12-/m0/s1. The summed E-state index contributed by atoms with van der Waals surface area (Å²) in [5, 5.41) is 18.8. The third-order valence-electron chi connectivity index (χ3n) is 4.66. The fourth-order valence-electron chi connectivity index (χ4n) is 3.24. The van der Waals surface area contributed by atoms with Crippen LogP contribution in [0.2, 0.25) is 0 Å². The Morgan fingerprint density at radius 1 is 1.29 bits per heavy atom. The van der Waals surface area contributed by atoms with Gasteiger partial charge in [0.05, 0.1) is 6.10 Å². The monoisotopic (exact) mass is 299 g/mol. The maximum Gasteiger partial charge on any atom is 0.326 e. The molecular weight excluding hydrogens is 274 g/mol. The van der Waals surface area contributed by atoms with E-state index in [0.29, 0.717) is 0 Å². The first-order valence-corrected chi connectivity index (χ1v) is 7.60. The minimum Gasteiger partial charge on any atom is -0.480 e. The van der Waals surface area contributed by atoms with E-state index in [1.54, 1.807) is 11.9 Å². The number of aliphatic hydroxyl groups excluding tert-OH is 1. The highest BCUT2D eigenvalue weighted by Crippen LogP contribution is 2.22. The fourth-order valence-corrected chi connectivity index (χ4v) is 3.24. The maximum absolute atomic E-state index is 12.5. The predicted octanol–water partition coefficient (Wildman–Crippen LogP) is 0.0423. The highest BCUT2D eigenvalue weighted by Gasteiger charge is 2.41. The molecule has 0 spiro atoms. The number of aliphatic carboxylic acids is 1. The summed E-state index contributed by atoms with van der Waals surface area (Å²) in [6.45, 7) is 5.17. The summed E-state index contributed by atoms with van der Waals surface area (Å²) in [5.41, 5.74) is 0. The topological polar surface area (TPSA) is 84.3 Å². The highest BCUT2D eigenvalue weighted by molar-refractivity contribution is 5.83. The van der Waals surface area contributed by atoms with Crippen LogP contribution in [-0.4, -0.2) is 88.3 Å². The summed E-state index contributed by atoms with van der Waals surface area (Å²) in [5.74, 6) is -1.05. The SMILES string of the molecule is CCN1CCC(N(C)C(=O)N2C[C@@H](O)C[C@H]2C(=O)O)CC1. The van der Waals surface area contributed by atoms with Gasteiger partial charge in [0.1, 0.15) is 6.04 Å². The number of β-amino-alcohol motifs (C(OH)–C–C–N with tert-alkyl or cyclic N) is 1. The molecule has 0 aromatic heterocycles. The number of piperidine rings is 1. The van der Waals surface area contributed by atoms with E-state index < -0.39 is 18.1 Å². The van der Waals surface area contributed by atoms with Crippen molar-refractivity contribution in [2.45, 2.75) is 44.4 Å². The molecule has 2 aliphatic rings. The van der Waals surface area contributed by atoms with Gasteiger partial charge in [-0.05, 0) is 19.4 Å². The van der Waals surface area contributed by atoms with Crippen LogP contribution in [0.15, 0.2) is 0 Å². The zero-order valence-electron chi connectivity index (χ0n) is 12.7. The lowest BCUT2D eigenvalue weighted by Gasteiger charge is -2.38. The number of carboxylic acid groups (broad SMARTS) is 1. The van der Waals surface area contributed by atoms with Crippen molar-refractivity contribution in [1.82, 2.24) is 14.7 Å². The molecule has 2 N–H and O–H groups in total. The molecule has 2 aliphatic heterocycles. The van der Waals surface area contributed by atoms with Crippen LogP contribution in [0.4, 0.5) is 4.79 Å². The molecule has 7 nitrogen and oxygen atoms in total. The summed E-state index contributed by atoms with van der Waals surface area (Å²) >= 11 is 0. The predicted molar refractivity (Wildman–Crippen MR) is 77.0 cm³/mol. The van der Waals surface area contributed by atoms with E-state index in [1.807, 2.05) is 0 Å². The maximum atomic E-state index is 12.5. The highest BCUT2D eigenvalue weighted by atomic mass is 16.4. The second-order valence-electron chi connectivity index (χ2n) is 5.95. The fraction of sp³-hybridized carbons (Fsp3) is 0.857. The van der Waals surface area contributed by atoms with Crippen LogP contribution in [0, 0.1) is 0 Å². The first kappa shape index (κ1) is 16.0. The first-order chi connectivity index (χ1) is 9.93. The summed E-state index contributed by atoms with van der Waals surface area (Å²) < 4.78 is 0. The molecule has 0 radical (unpaired) electrons. The molecule has 2 atom stereocenters. The van der Waals surface area contributed by atoms with Gasteiger partial charge >= 0.3 is 12.0 Å². The van der Waals surface area contributed by atoms with Gasteiger partial charge in [0.25, 0.3) is 0 Å². The Balaban J connectivity index is 1.97. The summed E-state index contributed by atoms with van der Waals surface area (Å²) in [7, 11) is 1.73. The van der Waals surface area contributed by atoms with Gasteiger partial charge in [0, 0.05) is 39.1 Å². The van der Waals surface area contributed by atoms with Gasteiger partial charge in [-0.25, -0.2) is 9.59 Å². The molecule has 2 heterocycles. The lowest BCUT2D eigenvalue weighted by Crippen LogP contribution is -2.52. The van der Waals surface area contributed by atoms with Crippen molar-refractivity contribution in [3.05, 3.63) is 0 Å². The van der Waals surface area contributed by atoms with E-state index in [9.17, 15) is 19.8 Å². The molecule has 0 saturated carbocycles. The number of aliphatic hydroxyl groups is 1. The van der Waals surface area contributed by atoms with Crippen LogP contribution in [-0.2, 0) is 4.79 Å². The van der Waals surface area contributed by atoms with Gasteiger partial charge in [-0.2, -0.15) is 0 Å². The number of hydrogen-bond donors (Lipinski definition) is 2. The molecule has 120 valence electrons. The first-order valence-electron chi connectivity index (χ1n) is 7.60. The van der Waals surface area contributed by atoms with Crippen molar-refractivity contribution < 1.29 is 19.8 Å². The van der Waals surface area contributed by atoms with Gasteiger partial charge in [-0.15, -0.1) is 0 Å². The molecular formula is C14H25N3O4. The van der Waals surface area contributed by atoms with E-state index >= 15 is 0 Å². The van der Waals surface area contributed by atoms with Crippen LogP contribution < -0.4 is 0 Å². The van der Waals surface area contributed by atoms with E-state index in [1.165, 1.54) is 4.90 Å². The van der Waals surface area contributed by atoms with Gasteiger partial charge in [0.15, 0.2) is 0 Å². The minimum absolute atomic E-state index is 0.105. The second-order valence-corrected chi connectivity index (χ2v) is 5.95. The molecule has 7 heteroatoms. The third kappa shape index (κ3) is 3.47. The zero-order chi connectivity index (χ0) is 15.6. The molecule has 0 aromatic rings. The molecule has 0 unspecified atom stereocenters. The van der Waals surface area contributed by atoms with Crippen molar-refractivity contribution in [2.75, 3.05) is 33.2 Å². The van der Waals surface area contributed by atoms with Crippen LogP contribution >= 0.6 is 0 Å². The Bertz CT molecular complexity index is 396. The van der Waals surface area contributed by atoms with Crippen LogP contribution in [0.1, 0.15) is 26.2 Å². The number of carboxylic acids is 1. The molecule has 0 aliphatic carbocycles. The average Bonchev–Trinajstić information content (AvgIpc) is 2.88. The largest absolute Gasteiger partial charge is 0.480 e. The quantitative estimate of drug-likeness (QED) is 0.769. The van der Waals surface area contributed by atoms with Gasteiger partial charge in [0.2, 0.25) is 0 Å². The minimum atomic E-state index is -1.05. The van der Waals surface area contributed by atoms with E-state index in [0.717, 1.165) is 32.5 Å². The normalized spacial score (nSPS) is 27.9. The number of urea groups is 1. The van der Waals surface area contributed by atoms with Crippen LogP contribution in [0.5, 0.6) is 0 Å². The van der Waals surface area contributed by atoms with Crippen LogP contribution in [0.25, 0.3) is 0 Å². The van der Waals surface area contributed by atoms with Crippen molar-refractivity contribution >= 4 is 12.0 Å². The average molecular weight is 299 g/mol. The number of nitrogens with zero attached hydrogens (tertiary/aromatic N) is 3. The molecule has 21 heavy (non-hydrogen) atoms. The Hall–Kier alpha value is -1.34. The number of hydrogen-bond acceptors (Lipinski definition) is 4. The van der Waals surface area contributed by atoms with E-state index in [2.05, 4.69) is 11.8 Å². The zero-order valence-corrected chi connectivity index (χ0v) is 12.7. The number of carbonyl (C=O) groups excluding carboxylic acids is 1. The van der Waals surface area contributed by atoms with Crippen molar-refractivity contribution in [1.29, 1.82) is 0 Å². The number of amides is 2.